The normalized spacial score (nSPS) is 31.9. The number of ether oxygens (including phenoxy) is 4. The largest absolute Gasteiger partial charge is 0.454 e. The van der Waals surface area contributed by atoms with Crippen LogP contribution in [0.25, 0.3) is 0 Å². The van der Waals surface area contributed by atoms with Crippen molar-refractivity contribution in [3.05, 3.63) is 46.5 Å². The number of benzene rings is 2. The van der Waals surface area contributed by atoms with E-state index < -0.39 is 17.6 Å². The smallest absolute Gasteiger partial charge is 0.231 e. The minimum absolute atomic E-state index is 0.136. The highest BCUT2D eigenvalue weighted by molar-refractivity contribution is 5.60. The van der Waals surface area contributed by atoms with Gasteiger partial charge in [0.25, 0.3) is 0 Å². The van der Waals surface area contributed by atoms with Gasteiger partial charge in [-0.05, 0) is 41.9 Å². The first-order valence-electron chi connectivity index (χ1n) is 9.42. The maximum atomic E-state index is 11.3. The van der Waals surface area contributed by atoms with E-state index in [0.717, 1.165) is 28.2 Å². The molecule has 3 aliphatic heterocycles. The molecule has 0 fully saturated rings. The van der Waals surface area contributed by atoms with E-state index in [1.54, 1.807) is 6.07 Å². The van der Waals surface area contributed by atoms with E-state index in [1.165, 1.54) is 0 Å². The molecule has 0 bridgehead atoms. The second-order valence-corrected chi connectivity index (χ2v) is 8.15. The Labute approximate surface area is 162 Å². The lowest BCUT2D eigenvalue weighted by Crippen LogP contribution is -2.56. The van der Waals surface area contributed by atoms with Gasteiger partial charge in [-0.1, -0.05) is 13.0 Å². The molecule has 2 N–H and O–H groups in total. The van der Waals surface area contributed by atoms with Gasteiger partial charge in [-0.25, -0.2) is 0 Å². The fourth-order valence-corrected chi connectivity index (χ4v) is 5.48. The molecule has 0 aromatic heterocycles. The van der Waals surface area contributed by atoms with Crippen LogP contribution in [0, 0.1) is 0 Å². The zero-order valence-corrected chi connectivity index (χ0v) is 15.6. The van der Waals surface area contributed by atoms with E-state index in [2.05, 4.69) is 4.90 Å². The van der Waals surface area contributed by atoms with Crippen LogP contribution in [-0.4, -0.2) is 41.9 Å². The van der Waals surface area contributed by atoms with Gasteiger partial charge in [0, 0.05) is 23.6 Å². The lowest BCUT2D eigenvalue weighted by Gasteiger charge is -2.55. The third kappa shape index (κ3) is 1.84. The van der Waals surface area contributed by atoms with Crippen LogP contribution < -0.4 is 18.9 Å². The minimum atomic E-state index is -1.03. The second kappa shape index (κ2) is 5.31. The summed E-state index contributed by atoms with van der Waals surface area (Å²) < 4.78 is 22.3. The van der Waals surface area contributed by atoms with Crippen LogP contribution in [0.3, 0.4) is 0 Å². The molecule has 6 rings (SSSR count). The molecule has 7 nitrogen and oxygen atoms in total. The second-order valence-electron chi connectivity index (χ2n) is 8.15. The Morgan fingerprint density at radius 2 is 1.64 bits per heavy atom. The third-order valence-electron chi connectivity index (χ3n) is 6.74. The van der Waals surface area contributed by atoms with Crippen molar-refractivity contribution in [2.45, 2.75) is 37.1 Å². The van der Waals surface area contributed by atoms with Gasteiger partial charge in [-0.2, -0.15) is 0 Å². The van der Waals surface area contributed by atoms with Crippen LogP contribution in [-0.2, 0) is 12.0 Å². The molecule has 2 aromatic carbocycles. The highest BCUT2D eigenvalue weighted by Gasteiger charge is 2.56. The lowest BCUT2D eigenvalue weighted by atomic mass is 9.59. The van der Waals surface area contributed by atoms with E-state index in [9.17, 15) is 10.2 Å². The summed E-state index contributed by atoms with van der Waals surface area (Å²) in [5, 5.41) is 22.4. The molecule has 28 heavy (non-hydrogen) atoms. The van der Waals surface area contributed by atoms with Crippen molar-refractivity contribution in [1.82, 2.24) is 4.90 Å². The summed E-state index contributed by atoms with van der Waals surface area (Å²) in [7, 11) is 2.03. The average Bonchev–Trinajstić information content (AvgIpc) is 3.33. The molecule has 146 valence electrons. The molecular formula is C21H21NO6. The van der Waals surface area contributed by atoms with Gasteiger partial charge in [0.05, 0.1) is 6.10 Å². The average molecular weight is 383 g/mol. The Balaban J connectivity index is 1.61. The third-order valence-corrected chi connectivity index (χ3v) is 6.74. The Morgan fingerprint density at radius 1 is 0.964 bits per heavy atom. The Kier molecular flexibility index (Phi) is 3.13. The van der Waals surface area contributed by atoms with Gasteiger partial charge in [0.2, 0.25) is 13.6 Å². The summed E-state index contributed by atoms with van der Waals surface area (Å²) in [4.78, 5) is 2.19. The van der Waals surface area contributed by atoms with Crippen molar-refractivity contribution in [3.8, 4) is 23.0 Å². The quantitative estimate of drug-likeness (QED) is 0.720. The van der Waals surface area contributed by atoms with Crippen LogP contribution >= 0.6 is 0 Å². The SMILES string of the molecule is CN1Cc2c(ccc3c2OCO3)[C@@]2(C)[C@@H](O)[C@H](O)c3cc4c(cc3[C@@H]12)OCO4. The number of hydrogen-bond donors (Lipinski definition) is 2. The summed E-state index contributed by atoms with van der Waals surface area (Å²) in [6.07, 6.45) is -2.03. The first kappa shape index (κ1) is 16.5. The highest BCUT2D eigenvalue weighted by Crippen LogP contribution is 2.59. The van der Waals surface area contributed by atoms with Gasteiger partial charge in [-0.3, -0.25) is 4.90 Å². The summed E-state index contributed by atoms with van der Waals surface area (Å²) in [6.45, 7) is 3.03. The molecule has 0 amide bonds. The number of aliphatic hydroxyl groups excluding tert-OH is 2. The predicted molar refractivity (Wildman–Crippen MR) is 97.7 cm³/mol. The van der Waals surface area contributed by atoms with Crippen molar-refractivity contribution in [2.24, 2.45) is 0 Å². The minimum Gasteiger partial charge on any atom is -0.454 e. The molecule has 7 heteroatoms. The van der Waals surface area contributed by atoms with Crippen molar-refractivity contribution in [2.75, 3.05) is 20.6 Å². The molecule has 1 aliphatic carbocycles. The molecule has 0 saturated carbocycles. The van der Waals surface area contributed by atoms with Crippen molar-refractivity contribution in [1.29, 1.82) is 0 Å². The van der Waals surface area contributed by atoms with Crippen LogP contribution in [0.2, 0.25) is 0 Å². The van der Waals surface area contributed by atoms with E-state index in [1.807, 2.05) is 32.2 Å². The number of aliphatic hydroxyl groups is 2. The maximum Gasteiger partial charge on any atom is 0.231 e. The topological polar surface area (TPSA) is 80.6 Å². The van der Waals surface area contributed by atoms with E-state index in [-0.39, 0.29) is 19.6 Å². The Bertz CT molecular complexity index is 1010. The zero-order chi connectivity index (χ0) is 19.2. The molecule has 0 unspecified atom stereocenters. The van der Waals surface area contributed by atoms with Crippen LogP contribution in [0.5, 0.6) is 23.0 Å². The van der Waals surface area contributed by atoms with E-state index >= 15 is 0 Å². The molecule has 3 heterocycles. The molecule has 4 atom stereocenters. The number of rotatable bonds is 0. The highest BCUT2D eigenvalue weighted by atomic mass is 16.7. The summed E-state index contributed by atoms with van der Waals surface area (Å²) in [6, 6.07) is 7.50. The fourth-order valence-electron chi connectivity index (χ4n) is 5.48. The van der Waals surface area contributed by atoms with Crippen molar-refractivity contribution >= 4 is 0 Å². The van der Waals surface area contributed by atoms with Gasteiger partial charge < -0.3 is 29.2 Å². The van der Waals surface area contributed by atoms with E-state index in [0.29, 0.717) is 23.6 Å². The number of hydrogen-bond acceptors (Lipinski definition) is 7. The molecular weight excluding hydrogens is 362 g/mol. The van der Waals surface area contributed by atoms with Gasteiger partial charge in [-0.15, -0.1) is 0 Å². The zero-order valence-electron chi connectivity index (χ0n) is 15.6. The predicted octanol–water partition coefficient (Wildman–Crippen LogP) is 2.00. The molecule has 0 spiro atoms. The molecule has 2 aromatic rings. The molecule has 0 radical (unpaired) electrons. The Morgan fingerprint density at radius 3 is 2.43 bits per heavy atom. The number of likely N-dealkylation sites (N-methyl/N-ethyl adjacent to an activating group) is 1. The van der Waals surface area contributed by atoms with Gasteiger partial charge >= 0.3 is 0 Å². The Hall–Kier alpha value is -2.48. The molecule has 4 aliphatic rings. The van der Waals surface area contributed by atoms with Crippen molar-refractivity contribution < 1.29 is 29.2 Å². The van der Waals surface area contributed by atoms with E-state index in [4.69, 9.17) is 18.9 Å². The van der Waals surface area contributed by atoms with Crippen LogP contribution in [0.1, 0.15) is 41.3 Å². The number of nitrogens with zero attached hydrogens (tertiary/aromatic N) is 1. The fraction of sp³-hybridized carbons (Fsp3) is 0.429. The summed E-state index contributed by atoms with van der Waals surface area (Å²) in [5.74, 6) is 2.75. The van der Waals surface area contributed by atoms with Crippen LogP contribution in [0.4, 0.5) is 0 Å². The monoisotopic (exact) mass is 383 g/mol. The lowest BCUT2D eigenvalue weighted by molar-refractivity contribution is -0.0785. The molecule has 0 saturated heterocycles. The first-order valence-corrected chi connectivity index (χ1v) is 9.42. The maximum absolute atomic E-state index is 11.3. The first-order chi connectivity index (χ1) is 13.5. The summed E-state index contributed by atoms with van der Waals surface area (Å²) >= 11 is 0. The van der Waals surface area contributed by atoms with Gasteiger partial charge in [0.15, 0.2) is 23.0 Å². The summed E-state index contributed by atoms with van der Waals surface area (Å²) in [5.41, 5.74) is 2.90. The number of fused-ring (bicyclic) bond motifs is 8. The van der Waals surface area contributed by atoms with Crippen molar-refractivity contribution in [3.63, 3.8) is 0 Å². The van der Waals surface area contributed by atoms with Crippen LogP contribution in [0.15, 0.2) is 24.3 Å². The standard InChI is InChI=1S/C21H21NO6/c1-21-13-3-4-14-18(28-9-25-14)12(13)7-22(2)19(21)11-6-16-15(26-8-27-16)5-10(11)17(23)20(21)24/h3-6,17,19-20,23-24H,7-9H2,1-2H3/t17-,19-,20+,21-/m1/s1. The van der Waals surface area contributed by atoms with Gasteiger partial charge in [0.1, 0.15) is 6.10 Å².